The van der Waals surface area contributed by atoms with Crippen molar-refractivity contribution < 1.29 is 9.90 Å². The van der Waals surface area contributed by atoms with Crippen LogP contribution in [0.15, 0.2) is 23.0 Å². The van der Waals surface area contributed by atoms with E-state index in [9.17, 15) is 9.59 Å². The maximum atomic E-state index is 11.4. The summed E-state index contributed by atoms with van der Waals surface area (Å²) in [6.45, 7) is 0. The van der Waals surface area contributed by atoms with Crippen LogP contribution in [-0.4, -0.2) is 21.0 Å². The highest BCUT2D eigenvalue weighted by molar-refractivity contribution is 7.71. The third-order valence-corrected chi connectivity index (χ3v) is 2.19. The van der Waals surface area contributed by atoms with Gasteiger partial charge in [0.05, 0.1) is 16.5 Å². The molecule has 5 nitrogen and oxygen atoms in total. The van der Waals surface area contributed by atoms with Crippen molar-refractivity contribution in [3.05, 3.63) is 38.9 Å². The van der Waals surface area contributed by atoms with E-state index in [2.05, 4.69) is 9.97 Å². The minimum Gasteiger partial charge on any atom is -0.478 e. The van der Waals surface area contributed by atoms with E-state index in [1.165, 1.54) is 18.2 Å². The van der Waals surface area contributed by atoms with Crippen molar-refractivity contribution in [2.24, 2.45) is 0 Å². The Morgan fingerprint density at radius 3 is 2.73 bits per heavy atom. The van der Waals surface area contributed by atoms with Crippen LogP contribution in [0.25, 0.3) is 10.9 Å². The minimum atomic E-state index is -1.07. The number of hydrogen-bond acceptors (Lipinski definition) is 3. The van der Waals surface area contributed by atoms with Gasteiger partial charge in [-0.25, -0.2) is 4.79 Å². The molecule has 0 saturated heterocycles. The molecule has 76 valence electrons. The number of aromatic amines is 2. The molecule has 0 unspecified atom stereocenters. The molecule has 0 radical (unpaired) electrons. The van der Waals surface area contributed by atoms with Gasteiger partial charge >= 0.3 is 5.97 Å². The third-order valence-electron chi connectivity index (χ3n) is 1.99. The number of rotatable bonds is 1. The molecule has 0 spiro atoms. The molecule has 0 bridgehead atoms. The van der Waals surface area contributed by atoms with E-state index in [4.69, 9.17) is 17.3 Å². The van der Waals surface area contributed by atoms with E-state index in [1.807, 2.05) is 0 Å². The van der Waals surface area contributed by atoms with Gasteiger partial charge in [0.15, 0.2) is 4.77 Å². The molecule has 1 aromatic carbocycles. The Bertz CT molecular complexity index is 656. The summed E-state index contributed by atoms with van der Waals surface area (Å²) in [4.78, 5) is 27.3. The number of carboxylic acids is 1. The highest BCUT2D eigenvalue weighted by atomic mass is 32.1. The molecule has 2 rings (SSSR count). The largest absolute Gasteiger partial charge is 0.478 e. The Labute approximate surface area is 88.4 Å². The first-order chi connectivity index (χ1) is 7.08. The highest BCUT2D eigenvalue weighted by Crippen LogP contribution is 2.09. The van der Waals surface area contributed by atoms with Gasteiger partial charge in [-0.1, -0.05) is 0 Å². The number of hydrogen-bond donors (Lipinski definition) is 3. The second-order valence-electron chi connectivity index (χ2n) is 2.97. The van der Waals surface area contributed by atoms with Crippen LogP contribution in [0.5, 0.6) is 0 Å². The lowest BCUT2D eigenvalue weighted by atomic mass is 10.1. The maximum Gasteiger partial charge on any atom is 0.335 e. The Morgan fingerprint density at radius 2 is 2.07 bits per heavy atom. The number of carboxylic acid groups (broad SMARTS) is 1. The first-order valence-corrected chi connectivity index (χ1v) is 4.48. The van der Waals surface area contributed by atoms with Gasteiger partial charge in [0.2, 0.25) is 0 Å². The quantitative estimate of drug-likeness (QED) is 0.634. The molecule has 0 amide bonds. The average Bonchev–Trinajstić information content (AvgIpc) is 2.16. The first kappa shape index (κ1) is 9.60. The van der Waals surface area contributed by atoms with E-state index >= 15 is 0 Å². The zero-order valence-electron chi connectivity index (χ0n) is 7.40. The standard InChI is InChI=1S/C9H6N2O3S/c12-7-5-3-4(8(13)14)1-2-6(5)10-9(15)11-7/h1-3H,(H,13,14)(H2,10,11,12,15). The summed E-state index contributed by atoms with van der Waals surface area (Å²) in [6.07, 6.45) is 0. The lowest BCUT2D eigenvalue weighted by Gasteiger charge is -1.98. The Kier molecular flexibility index (Phi) is 2.12. The maximum absolute atomic E-state index is 11.4. The van der Waals surface area contributed by atoms with Gasteiger partial charge in [0.1, 0.15) is 0 Å². The van der Waals surface area contributed by atoms with Crippen LogP contribution < -0.4 is 5.56 Å². The highest BCUT2D eigenvalue weighted by Gasteiger charge is 2.05. The summed E-state index contributed by atoms with van der Waals surface area (Å²) in [6, 6.07) is 4.24. The molecule has 1 aromatic heterocycles. The molecule has 0 aliphatic heterocycles. The van der Waals surface area contributed by atoms with Gasteiger partial charge in [0, 0.05) is 0 Å². The van der Waals surface area contributed by atoms with Crippen molar-refractivity contribution in [1.29, 1.82) is 0 Å². The number of fused-ring (bicyclic) bond motifs is 1. The molecule has 0 aliphatic carbocycles. The van der Waals surface area contributed by atoms with Crippen molar-refractivity contribution in [2.75, 3.05) is 0 Å². The predicted octanol–water partition coefficient (Wildman–Crippen LogP) is 1.28. The molecule has 0 saturated carbocycles. The minimum absolute atomic E-state index is 0.0681. The van der Waals surface area contributed by atoms with Crippen LogP contribution in [0.2, 0.25) is 0 Å². The Balaban J connectivity index is 2.89. The molecule has 2 aromatic rings. The van der Waals surface area contributed by atoms with Crippen LogP contribution in [0.4, 0.5) is 0 Å². The number of benzene rings is 1. The topological polar surface area (TPSA) is 85.9 Å². The molecule has 0 atom stereocenters. The second kappa shape index (κ2) is 3.32. The Morgan fingerprint density at radius 1 is 1.33 bits per heavy atom. The van der Waals surface area contributed by atoms with Gasteiger partial charge < -0.3 is 10.1 Å². The van der Waals surface area contributed by atoms with E-state index in [1.54, 1.807) is 0 Å². The van der Waals surface area contributed by atoms with E-state index in [0.29, 0.717) is 5.52 Å². The number of aromatic carboxylic acids is 1. The van der Waals surface area contributed by atoms with Gasteiger partial charge in [-0.2, -0.15) is 0 Å². The van der Waals surface area contributed by atoms with E-state index in [-0.39, 0.29) is 15.7 Å². The van der Waals surface area contributed by atoms with Crippen LogP contribution in [-0.2, 0) is 0 Å². The zero-order chi connectivity index (χ0) is 11.0. The molecular formula is C9H6N2O3S. The van der Waals surface area contributed by atoms with Crippen molar-refractivity contribution >= 4 is 29.1 Å². The Hall–Kier alpha value is -1.95. The fraction of sp³-hybridized carbons (Fsp3) is 0. The molecule has 6 heteroatoms. The first-order valence-electron chi connectivity index (χ1n) is 4.07. The third kappa shape index (κ3) is 1.66. The van der Waals surface area contributed by atoms with E-state index in [0.717, 1.165) is 0 Å². The zero-order valence-corrected chi connectivity index (χ0v) is 8.22. The van der Waals surface area contributed by atoms with Crippen LogP contribution in [0.1, 0.15) is 10.4 Å². The van der Waals surface area contributed by atoms with Crippen molar-refractivity contribution in [3.63, 3.8) is 0 Å². The fourth-order valence-corrected chi connectivity index (χ4v) is 1.50. The summed E-state index contributed by atoms with van der Waals surface area (Å²) in [5.41, 5.74) is 0.198. The predicted molar refractivity (Wildman–Crippen MR) is 56.7 cm³/mol. The second-order valence-corrected chi connectivity index (χ2v) is 3.38. The SMILES string of the molecule is O=C(O)c1ccc2[nH]c(=S)[nH]c(=O)c2c1. The van der Waals surface area contributed by atoms with Gasteiger partial charge in [-0.05, 0) is 30.4 Å². The number of aromatic nitrogens is 2. The number of carbonyl (C=O) groups is 1. The summed E-state index contributed by atoms with van der Waals surface area (Å²) in [5.74, 6) is -1.07. The summed E-state index contributed by atoms with van der Waals surface area (Å²) in [5, 5.41) is 9.03. The van der Waals surface area contributed by atoms with Crippen molar-refractivity contribution in [1.82, 2.24) is 9.97 Å². The fourth-order valence-electron chi connectivity index (χ4n) is 1.30. The monoisotopic (exact) mass is 222 g/mol. The van der Waals surface area contributed by atoms with Crippen molar-refractivity contribution in [3.8, 4) is 0 Å². The summed E-state index contributed by atoms with van der Waals surface area (Å²) >= 11 is 4.78. The van der Waals surface area contributed by atoms with Crippen molar-refractivity contribution in [2.45, 2.75) is 0 Å². The van der Waals surface area contributed by atoms with Gasteiger partial charge in [-0.3, -0.25) is 9.78 Å². The van der Waals surface area contributed by atoms with Gasteiger partial charge in [-0.15, -0.1) is 0 Å². The lowest BCUT2D eigenvalue weighted by molar-refractivity contribution is 0.0697. The molecule has 1 heterocycles. The molecule has 0 aliphatic rings. The molecule has 3 N–H and O–H groups in total. The normalized spacial score (nSPS) is 10.4. The average molecular weight is 222 g/mol. The van der Waals surface area contributed by atoms with Crippen LogP contribution in [0, 0.1) is 4.77 Å². The van der Waals surface area contributed by atoms with Gasteiger partial charge in [0.25, 0.3) is 5.56 Å². The van der Waals surface area contributed by atoms with Crippen LogP contribution >= 0.6 is 12.2 Å². The summed E-state index contributed by atoms with van der Waals surface area (Å²) < 4.78 is 0.218. The smallest absolute Gasteiger partial charge is 0.335 e. The molecular weight excluding hydrogens is 216 g/mol. The molecule has 0 fully saturated rings. The summed E-state index contributed by atoms with van der Waals surface area (Å²) in [7, 11) is 0. The number of nitrogens with one attached hydrogen (secondary N) is 2. The molecule has 15 heavy (non-hydrogen) atoms. The van der Waals surface area contributed by atoms with Crippen LogP contribution in [0.3, 0.4) is 0 Å². The lowest BCUT2D eigenvalue weighted by Crippen LogP contribution is -2.09. The number of H-pyrrole nitrogens is 2. The van der Waals surface area contributed by atoms with E-state index < -0.39 is 11.5 Å².